The van der Waals surface area contributed by atoms with Gasteiger partial charge >= 0.3 is 6.18 Å². The van der Waals surface area contributed by atoms with E-state index in [0.717, 1.165) is 12.5 Å². The van der Waals surface area contributed by atoms with Crippen molar-refractivity contribution in [2.75, 3.05) is 13.1 Å². The summed E-state index contributed by atoms with van der Waals surface area (Å²) in [5, 5.41) is 0. The van der Waals surface area contributed by atoms with Crippen LogP contribution in [0, 0.1) is 11.8 Å². The third-order valence-electron chi connectivity index (χ3n) is 6.38. The molecule has 0 amide bonds. The van der Waals surface area contributed by atoms with Crippen molar-refractivity contribution in [1.29, 1.82) is 0 Å². The van der Waals surface area contributed by atoms with E-state index in [-0.39, 0.29) is 18.4 Å². The summed E-state index contributed by atoms with van der Waals surface area (Å²) in [6.07, 6.45) is 4.05. The lowest BCUT2D eigenvalue weighted by Crippen LogP contribution is -2.58. The van der Waals surface area contributed by atoms with Gasteiger partial charge in [-0.1, -0.05) is 12.8 Å². The van der Waals surface area contributed by atoms with Crippen LogP contribution in [0.25, 0.3) is 0 Å². The lowest BCUT2D eigenvalue weighted by Gasteiger charge is -2.50. The highest BCUT2D eigenvalue weighted by atomic mass is 19.4. The maximum absolute atomic E-state index is 12.9. The predicted octanol–water partition coefficient (Wildman–Crippen LogP) is 3.70. The second-order valence-electron chi connectivity index (χ2n) is 7.34. The van der Waals surface area contributed by atoms with Crippen LogP contribution in [0.3, 0.4) is 0 Å². The summed E-state index contributed by atoms with van der Waals surface area (Å²) in [4.78, 5) is 2.53. The molecule has 3 fully saturated rings. The van der Waals surface area contributed by atoms with E-state index in [1.165, 1.54) is 32.1 Å². The summed E-state index contributed by atoms with van der Waals surface area (Å²) < 4.78 is 38.7. The second-order valence-corrected chi connectivity index (χ2v) is 7.34. The molecule has 1 aliphatic heterocycles. The van der Waals surface area contributed by atoms with Crippen LogP contribution in [0.5, 0.6) is 0 Å². The van der Waals surface area contributed by atoms with Crippen LogP contribution < -0.4 is 5.73 Å². The average molecular weight is 304 g/mol. The summed E-state index contributed by atoms with van der Waals surface area (Å²) in [6.45, 7) is 1.56. The Kier molecular flexibility index (Phi) is 4.25. The summed E-state index contributed by atoms with van der Waals surface area (Å²) in [5.41, 5.74) is 5.92. The van der Waals surface area contributed by atoms with E-state index in [0.29, 0.717) is 25.4 Å². The van der Waals surface area contributed by atoms with E-state index in [1.807, 2.05) is 0 Å². The molecule has 1 heterocycles. The first kappa shape index (κ1) is 15.6. The average Bonchev–Trinajstić information content (AvgIpc) is 2.91. The molecule has 2 atom stereocenters. The van der Waals surface area contributed by atoms with Crippen molar-refractivity contribution in [1.82, 2.24) is 4.90 Å². The maximum atomic E-state index is 12.9. The summed E-state index contributed by atoms with van der Waals surface area (Å²) in [6, 6.07) is 0.588. The van der Waals surface area contributed by atoms with Crippen molar-refractivity contribution >= 4 is 0 Å². The van der Waals surface area contributed by atoms with E-state index in [4.69, 9.17) is 5.73 Å². The summed E-state index contributed by atoms with van der Waals surface area (Å²) in [5.74, 6) is -0.343. The fourth-order valence-electron chi connectivity index (χ4n) is 5.09. The van der Waals surface area contributed by atoms with Crippen LogP contribution in [-0.4, -0.2) is 35.7 Å². The minimum atomic E-state index is -4.03. The Bertz CT molecular complexity index is 361. The van der Waals surface area contributed by atoms with Gasteiger partial charge in [-0.05, 0) is 57.4 Å². The zero-order valence-electron chi connectivity index (χ0n) is 12.7. The van der Waals surface area contributed by atoms with Gasteiger partial charge in [-0.3, -0.25) is 4.90 Å². The molecule has 0 radical (unpaired) electrons. The molecule has 0 spiro atoms. The van der Waals surface area contributed by atoms with E-state index in [2.05, 4.69) is 4.90 Å². The lowest BCUT2D eigenvalue weighted by molar-refractivity contribution is -0.189. The molecule has 1 saturated heterocycles. The van der Waals surface area contributed by atoms with Gasteiger partial charge in [-0.25, -0.2) is 0 Å². The topological polar surface area (TPSA) is 29.3 Å². The smallest absolute Gasteiger partial charge is 0.329 e. The van der Waals surface area contributed by atoms with Crippen molar-refractivity contribution < 1.29 is 13.2 Å². The number of fused-ring (bicyclic) bond motifs is 1. The Morgan fingerprint density at radius 2 is 1.67 bits per heavy atom. The highest BCUT2D eigenvalue weighted by Crippen LogP contribution is 2.47. The quantitative estimate of drug-likeness (QED) is 0.843. The highest BCUT2D eigenvalue weighted by molar-refractivity contribution is 5.03. The van der Waals surface area contributed by atoms with Crippen molar-refractivity contribution in [2.24, 2.45) is 17.6 Å². The molecule has 3 aliphatic rings. The molecule has 2 nitrogen and oxygen atoms in total. The Labute approximate surface area is 125 Å². The minimum absolute atomic E-state index is 0.154. The number of hydrogen-bond acceptors (Lipinski definition) is 2. The predicted molar refractivity (Wildman–Crippen MR) is 76.9 cm³/mol. The molecule has 3 rings (SSSR count). The Morgan fingerprint density at radius 1 is 1.00 bits per heavy atom. The van der Waals surface area contributed by atoms with Gasteiger partial charge in [0.15, 0.2) is 0 Å². The molecule has 122 valence electrons. The van der Waals surface area contributed by atoms with Crippen LogP contribution in [-0.2, 0) is 0 Å². The van der Waals surface area contributed by atoms with Gasteiger partial charge in [0.05, 0.1) is 5.92 Å². The molecule has 2 N–H and O–H groups in total. The number of hydrogen-bond donors (Lipinski definition) is 1. The molecular weight excluding hydrogens is 277 g/mol. The maximum Gasteiger partial charge on any atom is 0.391 e. The summed E-state index contributed by atoms with van der Waals surface area (Å²) in [7, 11) is 0. The Hall–Kier alpha value is -0.290. The fourth-order valence-corrected chi connectivity index (χ4v) is 5.09. The van der Waals surface area contributed by atoms with Gasteiger partial charge in [0.2, 0.25) is 0 Å². The molecule has 0 aromatic heterocycles. The SMILES string of the molecule is NCC1(N2CCC3CCCCC32)CCC(C(F)(F)F)CC1. The lowest BCUT2D eigenvalue weighted by atomic mass is 9.74. The molecule has 2 aliphatic carbocycles. The summed E-state index contributed by atoms with van der Waals surface area (Å²) >= 11 is 0. The van der Waals surface area contributed by atoms with E-state index in [9.17, 15) is 13.2 Å². The third kappa shape index (κ3) is 2.83. The number of alkyl halides is 3. The zero-order chi connectivity index (χ0) is 15.1. The molecule has 0 aromatic rings. The van der Waals surface area contributed by atoms with Gasteiger partial charge in [0.25, 0.3) is 0 Å². The van der Waals surface area contributed by atoms with Crippen LogP contribution in [0.1, 0.15) is 57.8 Å². The minimum Gasteiger partial charge on any atom is -0.329 e. The van der Waals surface area contributed by atoms with Crippen LogP contribution >= 0.6 is 0 Å². The molecule has 2 unspecified atom stereocenters. The third-order valence-corrected chi connectivity index (χ3v) is 6.38. The molecule has 5 heteroatoms. The first-order valence-corrected chi connectivity index (χ1v) is 8.50. The van der Waals surface area contributed by atoms with Gasteiger partial charge in [0.1, 0.15) is 0 Å². The van der Waals surface area contributed by atoms with Crippen molar-refractivity contribution in [3.8, 4) is 0 Å². The second kappa shape index (κ2) is 5.73. The Morgan fingerprint density at radius 3 is 2.29 bits per heavy atom. The molecule has 0 aromatic carbocycles. The van der Waals surface area contributed by atoms with Crippen LogP contribution in [0.2, 0.25) is 0 Å². The van der Waals surface area contributed by atoms with Crippen LogP contribution in [0.4, 0.5) is 13.2 Å². The highest BCUT2D eigenvalue weighted by Gasteiger charge is 2.51. The number of nitrogens with zero attached hydrogens (tertiary/aromatic N) is 1. The number of rotatable bonds is 2. The number of nitrogens with two attached hydrogens (primary N) is 1. The molecule has 0 bridgehead atoms. The fraction of sp³-hybridized carbons (Fsp3) is 1.00. The first-order chi connectivity index (χ1) is 9.96. The van der Waals surface area contributed by atoms with Gasteiger partial charge < -0.3 is 5.73 Å². The van der Waals surface area contributed by atoms with Gasteiger partial charge in [-0.15, -0.1) is 0 Å². The Balaban J connectivity index is 1.70. The normalized spacial score (nSPS) is 42.0. The standard InChI is InChI=1S/C16H27F3N2/c17-16(18,19)13-5-8-15(11-20,9-6-13)21-10-7-12-3-1-2-4-14(12)21/h12-14H,1-11,20H2. The van der Waals surface area contributed by atoms with Crippen molar-refractivity contribution in [2.45, 2.75) is 75.5 Å². The van der Waals surface area contributed by atoms with E-state index >= 15 is 0 Å². The largest absolute Gasteiger partial charge is 0.391 e. The van der Waals surface area contributed by atoms with Gasteiger partial charge in [0, 0.05) is 18.1 Å². The monoisotopic (exact) mass is 304 g/mol. The van der Waals surface area contributed by atoms with E-state index in [1.54, 1.807) is 0 Å². The van der Waals surface area contributed by atoms with Crippen LogP contribution in [0.15, 0.2) is 0 Å². The van der Waals surface area contributed by atoms with Gasteiger partial charge in [-0.2, -0.15) is 13.2 Å². The van der Waals surface area contributed by atoms with E-state index < -0.39 is 12.1 Å². The van der Waals surface area contributed by atoms with Crippen molar-refractivity contribution in [3.05, 3.63) is 0 Å². The number of halogens is 3. The molecule has 21 heavy (non-hydrogen) atoms. The number of likely N-dealkylation sites (tertiary alicyclic amines) is 1. The van der Waals surface area contributed by atoms with Crippen molar-refractivity contribution in [3.63, 3.8) is 0 Å². The molecular formula is C16H27F3N2. The zero-order valence-corrected chi connectivity index (χ0v) is 12.7. The first-order valence-electron chi connectivity index (χ1n) is 8.50. The molecule has 2 saturated carbocycles.